The fourth-order valence-corrected chi connectivity index (χ4v) is 3.35. The molecule has 0 unspecified atom stereocenters. The second kappa shape index (κ2) is 5.78. The monoisotopic (exact) mass is 267 g/mol. The molecule has 1 saturated carbocycles. The summed E-state index contributed by atoms with van der Waals surface area (Å²) in [5.74, 6) is 1.29. The lowest BCUT2D eigenvalue weighted by atomic mass is 10.1. The lowest BCUT2D eigenvalue weighted by molar-refractivity contribution is 0.397. The summed E-state index contributed by atoms with van der Waals surface area (Å²) >= 11 is 1.96. The van der Waals surface area contributed by atoms with Crippen LogP contribution in [-0.2, 0) is 0 Å². The SMILES string of the molecule is COc1cc(C)nc(NCC2(SC)CCCC2)n1. The second-order valence-corrected chi connectivity index (χ2v) is 6.10. The van der Waals surface area contributed by atoms with E-state index >= 15 is 0 Å². The van der Waals surface area contributed by atoms with Crippen LogP contribution in [0.3, 0.4) is 0 Å². The molecule has 1 heterocycles. The number of anilines is 1. The largest absolute Gasteiger partial charge is 0.481 e. The van der Waals surface area contributed by atoms with Crippen molar-refractivity contribution in [3.05, 3.63) is 11.8 Å². The predicted octanol–water partition coefficient (Wildman–Crippen LogP) is 2.88. The van der Waals surface area contributed by atoms with E-state index < -0.39 is 0 Å². The Morgan fingerprint density at radius 3 is 2.72 bits per heavy atom. The first kappa shape index (κ1) is 13.5. The molecule has 5 heteroatoms. The lowest BCUT2D eigenvalue weighted by Crippen LogP contribution is -2.30. The molecular formula is C13H21N3OS. The molecule has 0 saturated heterocycles. The van der Waals surface area contributed by atoms with Gasteiger partial charge in [0, 0.05) is 23.1 Å². The molecule has 1 aliphatic carbocycles. The van der Waals surface area contributed by atoms with E-state index in [4.69, 9.17) is 4.74 Å². The molecule has 4 nitrogen and oxygen atoms in total. The van der Waals surface area contributed by atoms with Crippen molar-refractivity contribution in [1.29, 1.82) is 0 Å². The van der Waals surface area contributed by atoms with Crippen LogP contribution in [0.15, 0.2) is 6.07 Å². The third kappa shape index (κ3) is 3.07. The standard InChI is InChI=1S/C13H21N3OS/c1-10-8-11(17-2)16-12(15-10)14-9-13(18-3)6-4-5-7-13/h8H,4-7,9H2,1-3H3,(H,14,15,16). The van der Waals surface area contributed by atoms with Crippen LogP contribution < -0.4 is 10.1 Å². The van der Waals surface area contributed by atoms with Crippen molar-refractivity contribution in [2.75, 3.05) is 25.2 Å². The van der Waals surface area contributed by atoms with Gasteiger partial charge in [0.05, 0.1) is 7.11 Å². The minimum atomic E-state index is 0.361. The van der Waals surface area contributed by atoms with Gasteiger partial charge in [0.25, 0.3) is 0 Å². The van der Waals surface area contributed by atoms with Gasteiger partial charge in [0.15, 0.2) is 0 Å². The number of thioether (sulfide) groups is 1. The van der Waals surface area contributed by atoms with E-state index in [2.05, 4.69) is 21.5 Å². The average Bonchev–Trinajstić information content (AvgIpc) is 2.85. The molecule has 100 valence electrons. The van der Waals surface area contributed by atoms with Gasteiger partial charge >= 0.3 is 0 Å². The molecule has 2 rings (SSSR count). The Morgan fingerprint density at radius 2 is 2.11 bits per heavy atom. The van der Waals surface area contributed by atoms with Crippen LogP contribution >= 0.6 is 11.8 Å². The first-order valence-electron chi connectivity index (χ1n) is 6.36. The zero-order valence-corrected chi connectivity index (χ0v) is 12.1. The number of methoxy groups -OCH3 is 1. The van der Waals surface area contributed by atoms with Crippen molar-refractivity contribution in [2.24, 2.45) is 0 Å². The van der Waals surface area contributed by atoms with Gasteiger partial charge < -0.3 is 10.1 Å². The first-order chi connectivity index (χ1) is 8.67. The predicted molar refractivity (Wildman–Crippen MR) is 76.5 cm³/mol. The maximum atomic E-state index is 5.16. The lowest BCUT2D eigenvalue weighted by Gasteiger charge is -2.26. The van der Waals surface area contributed by atoms with E-state index in [9.17, 15) is 0 Å². The number of hydrogen-bond donors (Lipinski definition) is 1. The summed E-state index contributed by atoms with van der Waals surface area (Å²) in [5.41, 5.74) is 0.925. The summed E-state index contributed by atoms with van der Waals surface area (Å²) in [4.78, 5) is 8.72. The molecule has 0 aromatic carbocycles. The van der Waals surface area contributed by atoms with Gasteiger partial charge in [-0.15, -0.1) is 0 Å². The highest BCUT2D eigenvalue weighted by molar-refractivity contribution is 8.00. The van der Waals surface area contributed by atoms with Crippen molar-refractivity contribution in [1.82, 2.24) is 9.97 Å². The van der Waals surface area contributed by atoms with E-state index in [0.717, 1.165) is 12.2 Å². The van der Waals surface area contributed by atoms with Crippen LogP contribution in [0.1, 0.15) is 31.4 Å². The van der Waals surface area contributed by atoms with Gasteiger partial charge in [-0.3, -0.25) is 0 Å². The van der Waals surface area contributed by atoms with E-state index in [-0.39, 0.29) is 0 Å². The Hall–Kier alpha value is -0.970. The Balaban J connectivity index is 2.03. The van der Waals surface area contributed by atoms with Crippen LogP contribution in [0.2, 0.25) is 0 Å². The maximum absolute atomic E-state index is 5.16. The van der Waals surface area contributed by atoms with Gasteiger partial charge in [-0.25, -0.2) is 4.98 Å². The Labute approximate surface area is 113 Å². The molecule has 1 aromatic heterocycles. The highest BCUT2D eigenvalue weighted by atomic mass is 32.2. The molecule has 0 aliphatic heterocycles. The number of nitrogens with zero attached hydrogens (tertiary/aromatic N) is 2. The Bertz CT molecular complexity index is 405. The Morgan fingerprint density at radius 1 is 1.39 bits per heavy atom. The summed E-state index contributed by atoms with van der Waals surface area (Å²) in [7, 11) is 1.63. The number of rotatable bonds is 5. The molecule has 0 atom stereocenters. The second-order valence-electron chi connectivity index (χ2n) is 4.82. The highest BCUT2D eigenvalue weighted by Gasteiger charge is 2.32. The normalized spacial score (nSPS) is 17.7. The zero-order chi connectivity index (χ0) is 13.0. The number of ether oxygens (including phenoxy) is 1. The molecule has 1 fully saturated rings. The van der Waals surface area contributed by atoms with Crippen molar-refractivity contribution >= 4 is 17.7 Å². The highest BCUT2D eigenvalue weighted by Crippen LogP contribution is 2.40. The fraction of sp³-hybridized carbons (Fsp3) is 0.692. The maximum Gasteiger partial charge on any atom is 0.226 e. The molecule has 1 aliphatic rings. The van der Waals surface area contributed by atoms with Gasteiger partial charge in [-0.1, -0.05) is 12.8 Å². The van der Waals surface area contributed by atoms with Gasteiger partial charge in [-0.2, -0.15) is 16.7 Å². The minimum Gasteiger partial charge on any atom is -0.481 e. The number of hydrogen-bond acceptors (Lipinski definition) is 5. The zero-order valence-electron chi connectivity index (χ0n) is 11.3. The first-order valence-corrected chi connectivity index (χ1v) is 7.59. The van der Waals surface area contributed by atoms with Gasteiger partial charge in [0.2, 0.25) is 11.8 Å². The molecule has 18 heavy (non-hydrogen) atoms. The summed E-state index contributed by atoms with van der Waals surface area (Å²) in [6, 6.07) is 1.84. The molecule has 0 bridgehead atoms. The summed E-state index contributed by atoms with van der Waals surface area (Å²) in [6.45, 7) is 2.88. The third-order valence-electron chi connectivity index (χ3n) is 3.56. The van der Waals surface area contributed by atoms with Crippen LogP contribution in [0.25, 0.3) is 0 Å². The fourth-order valence-electron chi connectivity index (χ4n) is 2.44. The van der Waals surface area contributed by atoms with Crippen LogP contribution in [0, 0.1) is 6.92 Å². The van der Waals surface area contributed by atoms with E-state index in [0.29, 0.717) is 16.6 Å². The molecule has 0 amide bonds. The van der Waals surface area contributed by atoms with Gasteiger partial charge in [0.1, 0.15) is 0 Å². The van der Waals surface area contributed by atoms with Crippen molar-refractivity contribution in [3.8, 4) is 5.88 Å². The molecule has 0 radical (unpaired) electrons. The Kier molecular flexibility index (Phi) is 4.32. The number of aromatic nitrogens is 2. The molecule has 1 aromatic rings. The van der Waals surface area contributed by atoms with Crippen LogP contribution in [-0.4, -0.2) is 34.6 Å². The smallest absolute Gasteiger partial charge is 0.226 e. The minimum absolute atomic E-state index is 0.361. The molecular weight excluding hydrogens is 246 g/mol. The topological polar surface area (TPSA) is 47.0 Å². The number of aryl methyl sites for hydroxylation is 1. The van der Waals surface area contributed by atoms with E-state index in [1.165, 1.54) is 25.7 Å². The molecule has 1 N–H and O–H groups in total. The molecule has 0 spiro atoms. The van der Waals surface area contributed by atoms with Crippen molar-refractivity contribution in [2.45, 2.75) is 37.4 Å². The van der Waals surface area contributed by atoms with Crippen molar-refractivity contribution < 1.29 is 4.74 Å². The van der Waals surface area contributed by atoms with Crippen LogP contribution in [0.5, 0.6) is 5.88 Å². The quantitative estimate of drug-likeness (QED) is 0.889. The summed E-state index contributed by atoms with van der Waals surface area (Å²) < 4.78 is 5.52. The number of nitrogens with one attached hydrogen (secondary N) is 1. The summed E-state index contributed by atoms with van der Waals surface area (Å²) in [5, 5.41) is 3.37. The van der Waals surface area contributed by atoms with E-state index in [1.807, 2.05) is 24.8 Å². The van der Waals surface area contributed by atoms with Crippen molar-refractivity contribution in [3.63, 3.8) is 0 Å². The van der Waals surface area contributed by atoms with E-state index in [1.54, 1.807) is 7.11 Å². The van der Waals surface area contributed by atoms with Gasteiger partial charge in [-0.05, 0) is 26.0 Å². The average molecular weight is 267 g/mol. The van der Waals surface area contributed by atoms with Crippen LogP contribution in [0.4, 0.5) is 5.95 Å². The summed E-state index contributed by atoms with van der Waals surface area (Å²) in [6.07, 6.45) is 7.43. The third-order valence-corrected chi connectivity index (χ3v) is 4.97.